The van der Waals surface area contributed by atoms with Crippen molar-refractivity contribution in [2.75, 3.05) is 0 Å². The van der Waals surface area contributed by atoms with Crippen molar-refractivity contribution in [3.63, 3.8) is 0 Å². The minimum Gasteiger partial charge on any atom is -0.508 e. The van der Waals surface area contributed by atoms with E-state index in [0.717, 1.165) is 6.29 Å². The highest BCUT2D eigenvalue weighted by molar-refractivity contribution is 5.48. The van der Waals surface area contributed by atoms with Gasteiger partial charge in [-0.25, -0.2) is 0 Å². The normalized spacial score (nSPS) is 8.08. The van der Waals surface area contributed by atoms with Crippen LogP contribution in [0, 0.1) is 0 Å². The van der Waals surface area contributed by atoms with Gasteiger partial charge in [-0.2, -0.15) is 0 Å². The zero-order valence-corrected chi connectivity index (χ0v) is 6.90. The lowest BCUT2D eigenvalue weighted by Gasteiger charge is -1.88. The molecule has 0 aliphatic heterocycles. The molecule has 1 aromatic rings. The van der Waals surface area contributed by atoms with Crippen molar-refractivity contribution in [2.45, 2.75) is 13.3 Å². The molecule has 66 valence electrons. The molecule has 1 aromatic carbocycles. The van der Waals surface area contributed by atoms with Gasteiger partial charge in [-0.15, -0.1) is 0 Å². The predicted molar refractivity (Wildman–Crippen MR) is 46.1 cm³/mol. The van der Waals surface area contributed by atoms with Gasteiger partial charge in [-0.05, 0) is 24.3 Å². The number of carbonyl (C=O) groups excluding carboxylic acids is 1. The van der Waals surface area contributed by atoms with Gasteiger partial charge >= 0.3 is 0 Å². The van der Waals surface area contributed by atoms with Crippen molar-refractivity contribution in [3.05, 3.63) is 24.3 Å². The number of hydrogen-bond donors (Lipinski definition) is 2. The molecule has 0 unspecified atom stereocenters. The third kappa shape index (κ3) is 5.29. The number of carbonyl (C=O) groups is 1. The van der Waals surface area contributed by atoms with Gasteiger partial charge in [-0.1, -0.05) is 6.92 Å². The Labute approximate surface area is 71.3 Å². The first-order valence-corrected chi connectivity index (χ1v) is 3.62. The molecule has 12 heavy (non-hydrogen) atoms. The molecule has 0 radical (unpaired) electrons. The highest BCUT2D eigenvalue weighted by atomic mass is 16.3. The Kier molecular flexibility index (Phi) is 5.43. The van der Waals surface area contributed by atoms with E-state index < -0.39 is 0 Å². The van der Waals surface area contributed by atoms with Crippen molar-refractivity contribution < 1.29 is 15.0 Å². The van der Waals surface area contributed by atoms with Crippen LogP contribution < -0.4 is 0 Å². The fourth-order valence-electron chi connectivity index (χ4n) is 0.453. The molecule has 0 aliphatic rings. The molecule has 0 bridgehead atoms. The van der Waals surface area contributed by atoms with E-state index in [1.807, 2.05) is 6.92 Å². The Morgan fingerprint density at radius 1 is 1.17 bits per heavy atom. The van der Waals surface area contributed by atoms with Crippen molar-refractivity contribution >= 4 is 6.29 Å². The number of hydrogen-bond acceptors (Lipinski definition) is 3. The van der Waals surface area contributed by atoms with E-state index in [-0.39, 0.29) is 11.5 Å². The van der Waals surface area contributed by atoms with Crippen LogP contribution in [0.2, 0.25) is 0 Å². The van der Waals surface area contributed by atoms with E-state index in [9.17, 15) is 4.79 Å². The first-order valence-electron chi connectivity index (χ1n) is 3.62. The average molecular weight is 168 g/mol. The Hall–Kier alpha value is -1.51. The van der Waals surface area contributed by atoms with Gasteiger partial charge in [-0.3, -0.25) is 0 Å². The van der Waals surface area contributed by atoms with Crippen molar-refractivity contribution in [1.82, 2.24) is 0 Å². The number of rotatable bonds is 1. The minimum atomic E-state index is 0.169. The number of benzene rings is 1. The van der Waals surface area contributed by atoms with Crippen LogP contribution in [-0.4, -0.2) is 16.5 Å². The van der Waals surface area contributed by atoms with E-state index >= 15 is 0 Å². The Morgan fingerprint density at radius 3 is 1.58 bits per heavy atom. The van der Waals surface area contributed by atoms with E-state index in [1.54, 1.807) is 0 Å². The van der Waals surface area contributed by atoms with Crippen molar-refractivity contribution in [2.24, 2.45) is 0 Å². The lowest BCUT2D eigenvalue weighted by atomic mass is 10.3. The smallest absolute Gasteiger partial charge is 0.119 e. The standard InChI is InChI=1S/C6H6O2.C3H6O/c7-5-1-2-6(8)4-3-5;1-2-3-4/h1-4,7-8H;3H,2H2,1H3. The van der Waals surface area contributed by atoms with Crippen LogP contribution in [0.25, 0.3) is 0 Å². The maximum absolute atomic E-state index is 9.17. The molecule has 0 aromatic heterocycles. The monoisotopic (exact) mass is 168 g/mol. The summed E-state index contributed by atoms with van der Waals surface area (Å²) in [6.45, 7) is 1.81. The number of phenols is 2. The molecule has 0 saturated heterocycles. The SMILES string of the molecule is CCC=O.Oc1ccc(O)cc1. The maximum atomic E-state index is 9.17. The second-order valence-electron chi connectivity index (χ2n) is 2.09. The van der Waals surface area contributed by atoms with Gasteiger partial charge in [0.25, 0.3) is 0 Å². The lowest BCUT2D eigenvalue weighted by Crippen LogP contribution is -1.61. The second kappa shape index (κ2) is 6.22. The molecule has 0 aliphatic carbocycles. The van der Waals surface area contributed by atoms with Gasteiger partial charge in [0.05, 0.1) is 0 Å². The summed E-state index contributed by atoms with van der Waals surface area (Å²) >= 11 is 0. The lowest BCUT2D eigenvalue weighted by molar-refractivity contribution is -0.107. The van der Waals surface area contributed by atoms with Crippen LogP contribution in [0.3, 0.4) is 0 Å². The molecule has 3 nitrogen and oxygen atoms in total. The van der Waals surface area contributed by atoms with Gasteiger partial charge in [0.2, 0.25) is 0 Å². The Balaban J connectivity index is 0.000000261. The summed E-state index contributed by atoms with van der Waals surface area (Å²) in [5.41, 5.74) is 0. The molecule has 2 N–H and O–H groups in total. The van der Waals surface area contributed by atoms with E-state index in [0.29, 0.717) is 6.42 Å². The summed E-state index contributed by atoms with van der Waals surface area (Å²) in [4.78, 5) is 9.17. The van der Waals surface area contributed by atoms with Crippen molar-refractivity contribution in [3.8, 4) is 11.5 Å². The van der Waals surface area contributed by atoms with E-state index in [2.05, 4.69) is 0 Å². The Morgan fingerprint density at radius 2 is 1.42 bits per heavy atom. The fourth-order valence-corrected chi connectivity index (χ4v) is 0.453. The summed E-state index contributed by atoms with van der Waals surface area (Å²) in [6, 6.07) is 5.70. The van der Waals surface area contributed by atoms with Gasteiger partial charge < -0.3 is 15.0 Å². The summed E-state index contributed by atoms with van der Waals surface area (Å²) in [5.74, 6) is 0.339. The second-order valence-corrected chi connectivity index (χ2v) is 2.09. The third-order valence-corrected chi connectivity index (χ3v) is 1.02. The van der Waals surface area contributed by atoms with E-state index in [1.165, 1.54) is 24.3 Å². The summed E-state index contributed by atoms with van der Waals surface area (Å²) < 4.78 is 0. The molecular weight excluding hydrogens is 156 g/mol. The first kappa shape index (κ1) is 10.5. The van der Waals surface area contributed by atoms with Crippen LogP contribution >= 0.6 is 0 Å². The highest BCUT2D eigenvalue weighted by Gasteiger charge is 1.84. The topological polar surface area (TPSA) is 57.5 Å². The highest BCUT2D eigenvalue weighted by Crippen LogP contribution is 2.13. The van der Waals surface area contributed by atoms with Gasteiger partial charge in [0.1, 0.15) is 17.8 Å². The largest absolute Gasteiger partial charge is 0.508 e. The van der Waals surface area contributed by atoms with Gasteiger partial charge in [0.15, 0.2) is 0 Å². The van der Waals surface area contributed by atoms with E-state index in [4.69, 9.17) is 10.2 Å². The maximum Gasteiger partial charge on any atom is 0.119 e. The Bertz CT molecular complexity index is 195. The first-order chi connectivity index (χ1) is 5.70. The molecule has 0 fully saturated rings. The predicted octanol–water partition coefficient (Wildman–Crippen LogP) is 1.69. The van der Waals surface area contributed by atoms with Crippen LogP contribution in [-0.2, 0) is 4.79 Å². The summed E-state index contributed by atoms with van der Waals surface area (Å²) in [6.07, 6.45) is 1.51. The molecule has 0 atom stereocenters. The molecule has 3 heteroatoms. The van der Waals surface area contributed by atoms with Gasteiger partial charge in [0, 0.05) is 6.42 Å². The zero-order chi connectivity index (χ0) is 9.40. The number of phenolic OH excluding ortho intramolecular Hbond substituents is 2. The number of aromatic hydroxyl groups is 2. The molecule has 0 saturated carbocycles. The molecule has 1 rings (SSSR count). The van der Waals surface area contributed by atoms with Crippen LogP contribution in [0.4, 0.5) is 0 Å². The zero-order valence-electron chi connectivity index (χ0n) is 6.90. The molecule has 0 heterocycles. The third-order valence-electron chi connectivity index (χ3n) is 1.02. The summed E-state index contributed by atoms with van der Waals surface area (Å²) in [5, 5.41) is 17.3. The minimum absolute atomic E-state index is 0.169. The fraction of sp³-hybridized carbons (Fsp3) is 0.222. The van der Waals surface area contributed by atoms with Crippen LogP contribution in [0.15, 0.2) is 24.3 Å². The van der Waals surface area contributed by atoms with Crippen molar-refractivity contribution in [1.29, 1.82) is 0 Å². The molecular formula is C9H12O3. The van der Waals surface area contributed by atoms with Crippen LogP contribution in [0.5, 0.6) is 11.5 Å². The average Bonchev–Trinajstić information content (AvgIpc) is 2.11. The molecule has 0 amide bonds. The molecule has 0 spiro atoms. The van der Waals surface area contributed by atoms with Crippen LogP contribution in [0.1, 0.15) is 13.3 Å². The quantitative estimate of drug-likeness (QED) is 0.495. The number of aldehydes is 1. The summed E-state index contributed by atoms with van der Waals surface area (Å²) in [7, 11) is 0.